The average molecular weight is 170 g/mol. The van der Waals surface area contributed by atoms with Crippen LogP contribution in [0.4, 0.5) is 5.69 Å². The minimum absolute atomic E-state index is 0.524. The van der Waals surface area contributed by atoms with Crippen molar-refractivity contribution in [2.75, 3.05) is 5.73 Å². The first-order valence-corrected chi connectivity index (χ1v) is 3.97. The van der Waals surface area contributed by atoms with Gasteiger partial charge >= 0.3 is 0 Å². The Morgan fingerprint density at radius 3 is 2.69 bits per heavy atom. The molecule has 0 unspecified atom stereocenters. The smallest absolute Gasteiger partial charge is 0.234 e. The third-order valence-corrected chi connectivity index (χ3v) is 1.99. The highest BCUT2D eigenvalue weighted by Gasteiger charge is 2.00. The molecule has 0 saturated carbocycles. The van der Waals surface area contributed by atoms with Gasteiger partial charge in [0, 0.05) is 11.3 Å². The van der Waals surface area contributed by atoms with E-state index in [-0.39, 0.29) is 0 Å². The fourth-order valence-corrected chi connectivity index (χ4v) is 1.42. The Bertz CT molecular complexity index is 463. The number of benzene rings is 2. The van der Waals surface area contributed by atoms with Gasteiger partial charge in [0.15, 0.2) is 0 Å². The SMILES string of the molecule is Nc1cc([C]=O)c2ccccc2c1. The van der Waals surface area contributed by atoms with Crippen molar-refractivity contribution in [2.45, 2.75) is 0 Å². The molecule has 2 rings (SSSR count). The monoisotopic (exact) mass is 170 g/mol. The summed E-state index contributed by atoms with van der Waals surface area (Å²) >= 11 is 0. The summed E-state index contributed by atoms with van der Waals surface area (Å²) in [4.78, 5) is 10.6. The minimum Gasteiger partial charge on any atom is -0.399 e. The maximum atomic E-state index is 10.6. The van der Waals surface area contributed by atoms with Crippen molar-refractivity contribution in [1.82, 2.24) is 0 Å². The molecule has 0 aliphatic heterocycles. The van der Waals surface area contributed by atoms with E-state index in [2.05, 4.69) is 0 Å². The highest BCUT2D eigenvalue weighted by atomic mass is 16.1. The molecule has 2 aromatic carbocycles. The van der Waals surface area contributed by atoms with E-state index in [1.54, 1.807) is 6.07 Å². The van der Waals surface area contributed by atoms with Crippen LogP contribution in [0.15, 0.2) is 36.4 Å². The van der Waals surface area contributed by atoms with Crippen molar-refractivity contribution in [3.63, 3.8) is 0 Å². The van der Waals surface area contributed by atoms with Gasteiger partial charge in [0.05, 0.1) is 0 Å². The lowest BCUT2D eigenvalue weighted by molar-refractivity contribution is 0.563. The van der Waals surface area contributed by atoms with Gasteiger partial charge in [0.25, 0.3) is 0 Å². The van der Waals surface area contributed by atoms with Gasteiger partial charge in [-0.1, -0.05) is 24.3 Å². The van der Waals surface area contributed by atoms with Crippen LogP contribution in [0.25, 0.3) is 10.8 Å². The quantitative estimate of drug-likeness (QED) is 0.664. The lowest BCUT2D eigenvalue weighted by atomic mass is 10.0. The number of anilines is 1. The Morgan fingerprint density at radius 2 is 1.92 bits per heavy atom. The first kappa shape index (κ1) is 7.80. The highest BCUT2D eigenvalue weighted by molar-refractivity contribution is 6.00. The van der Waals surface area contributed by atoms with Crippen molar-refractivity contribution >= 4 is 22.7 Å². The first-order chi connectivity index (χ1) is 6.31. The van der Waals surface area contributed by atoms with Gasteiger partial charge in [-0.3, -0.25) is 4.79 Å². The molecule has 0 atom stereocenters. The van der Waals surface area contributed by atoms with E-state index in [0.29, 0.717) is 11.3 Å². The van der Waals surface area contributed by atoms with E-state index in [1.165, 1.54) is 0 Å². The fourth-order valence-electron chi connectivity index (χ4n) is 1.42. The third-order valence-electron chi connectivity index (χ3n) is 1.99. The molecule has 63 valence electrons. The van der Waals surface area contributed by atoms with Crippen molar-refractivity contribution in [1.29, 1.82) is 0 Å². The summed E-state index contributed by atoms with van der Waals surface area (Å²) in [7, 11) is 0. The second-order valence-corrected chi connectivity index (χ2v) is 2.89. The van der Waals surface area contributed by atoms with Gasteiger partial charge in [-0.2, -0.15) is 0 Å². The predicted molar refractivity (Wildman–Crippen MR) is 53.2 cm³/mol. The molecular formula is C11H8NO. The Hall–Kier alpha value is -1.83. The van der Waals surface area contributed by atoms with Crippen molar-refractivity contribution < 1.29 is 4.79 Å². The number of nitrogen functional groups attached to an aromatic ring is 1. The fraction of sp³-hybridized carbons (Fsp3) is 0. The van der Waals surface area contributed by atoms with Crippen LogP contribution in [0.3, 0.4) is 0 Å². The van der Waals surface area contributed by atoms with Crippen LogP contribution >= 0.6 is 0 Å². The van der Waals surface area contributed by atoms with E-state index < -0.39 is 0 Å². The Morgan fingerprint density at radius 1 is 1.15 bits per heavy atom. The van der Waals surface area contributed by atoms with Crippen LogP contribution in [0.1, 0.15) is 5.56 Å². The van der Waals surface area contributed by atoms with E-state index >= 15 is 0 Å². The summed E-state index contributed by atoms with van der Waals surface area (Å²) in [6.45, 7) is 0. The second-order valence-electron chi connectivity index (χ2n) is 2.89. The van der Waals surface area contributed by atoms with E-state index in [4.69, 9.17) is 5.73 Å². The largest absolute Gasteiger partial charge is 0.399 e. The van der Waals surface area contributed by atoms with Crippen LogP contribution in [-0.4, -0.2) is 6.29 Å². The molecule has 2 aromatic rings. The number of hydrogen-bond acceptors (Lipinski definition) is 2. The van der Waals surface area contributed by atoms with Gasteiger partial charge in [-0.25, -0.2) is 0 Å². The van der Waals surface area contributed by atoms with E-state index in [9.17, 15) is 4.79 Å². The standard InChI is InChI=1S/C11H8NO/c12-10-5-8-3-1-2-4-11(8)9(6-10)7-13/h1-6H,12H2. The lowest BCUT2D eigenvalue weighted by Crippen LogP contribution is -1.89. The van der Waals surface area contributed by atoms with Gasteiger partial charge in [-0.05, 0) is 22.9 Å². The molecule has 0 aliphatic carbocycles. The van der Waals surface area contributed by atoms with Crippen LogP contribution in [0.2, 0.25) is 0 Å². The third kappa shape index (κ3) is 1.26. The molecule has 0 aliphatic rings. The number of hydrogen-bond donors (Lipinski definition) is 1. The zero-order valence-electron chi connectivity index (χ0n) is 6.95. The summed E-state index contributed by atoms with van der Waals surface area (Å²) in [6, 6.07) is 11.1. The van der Waals surface area contributed by atoms with Crippen molar-refractivity contribution in [3.05, 3.63) is 42.0 Å². The second kappa shape index (κ2) is 2.90. The molecular weight excluding hydrogens is 162 g/mol. The first-order valence-electron chi connectivity index (χ1n) is 3.97. The summed E-state index contributed by atoms with van der Waals surface area (Å²) in [6.07, 6.45) is 1.88. The summed E-state index contributed by atoms with van der Waals surface area (Å²) < 4.78 is 0. The topological polar surface area (TPSA) is 43.1 Å². The molecule has 2 nitrogen and oxygen atoms in total. The molecule has 0 fully saturated rings. The van der Waals surface area contributed by atoms with Gasteiger partial charge < -0.3 is 5.73 Å². The van der Waals surface area contributed by atoms with Crippen LogP contribution in [-0.2, 0) is 4.79 Å². The molecule has 0 amide bonds. The molecule has 0 heterocycles. The number of rotatable bonds is 1. The van der Waals surface area contributed by atoms with Gasteiger partial charge in [-0.15, -0.1) is 0 Å². The van der Waals surface area contributed by atoms with Gasteiger partial charge in [0.1, 0.15) is 0 Å². The predicted octanol–water partition coefficient (Wildman–Crippen LogP) is 1.88. The number of fused-ring (bicyclic) bond motifs is 1. The van der Waals surface area contributed by atoms with E-state index in [0.717, 1.165) is 10.8 Å². The molecule has 13 heavy (non-hydrogen) atoms. The Labute approximate surface area is 76.0 Å². The average Bonchev–Trinajstić information content (AvgIpc) is 2.16. The molecule has 0 bridgehead atoms. The lowest BCUT2D eigenvalue weighted by Gasteiger charge is -2.01. The van der Waals surface area contributed by atoms with Crippen molar-refractivity contribution in [2.24, 2.45) is 0 Å². The minimum atomic E-state index is 0.524. The van der Waals surface area contributed by atoms with Crippen LogP contribution < -0.4 is 5.73 Å². The highest BCUT2D eigenvalue weighted by Crippen LogP contribution is 2.20. The molecule has 0 spiro atoms. The normalized spacial score (nSPS) is 10.2. The maximum absolute atomic E-state index is 10.6. The molecule has 1 radical (unpaired) electrons. The summed E-state index contributed by atoms with van der Waals surface area (Å²) in [5, 5.41) is 1.87. The summed E-state index contributed by atoms with van der Waals surface area (Å²) in [5.41, 5.74) is 6.74. The zero-order chi connectivity index (χ0) is 9.26. The zero-order valence-corrected chi connectivity index (χ0v) is 6.95. The number of carbonyl (C=O) groups excluding carboxylic acids is 1. The Balaban J connectivity index is 2.89. The van der Waals surface area contributed by atoms with E-state index in [1.807, 2.05) is 36.6 Å². The molecule has 2 N–H and O–H groups in total. The number of nitrogens with two attached hydrogens (primary N) is 1. The van der Waals surface area contributed by atoms with Crippen molar-refractivity contribution in [3.8, 4) is 0 Å². The van der Waals surface area contributed by atoms with Gasteiger partial charge in [0.2, 0.25) is 6.29 Å². The molecule has 0 saturated heterocycles. The maximum Gasteiger partial charge on any atom is 0.234 e. The van der Waals surface area contributed by atoms with Crippen LogP contribution in [0.5, 0.6) is 0 Å². The summed E-state index contributed by atoms with van der Waals surface area (Å²) in [5.74, 6) is 0. The van der Waals surface area contributed by atoms with Crippen LogP contribution in [0, 0.1) is 0 Å². The Kier molecular flexibility index (Phi) is 1.74. The molecule has 2 heteroatoms. The molecule has 0 aromatic heterocycles.